The predicted octanol–water partition coefficient (Wildman–Crippen LogP) is 20.5. The summed E-state index contributed by atoms with van der Waals surface area (Å²) in [6.07, 6.45) is 9.13. The molecule has 0 N–H and O–H groups in total. The van der Waals surface area contributed by atoms with E-state index in [1.54, 1.807) is 0 Å². The highest BCUT2D eigenvalue weighted by Crippen LogP contribution is 2.55. The summed E-state index contributed by atoms with van der Waals surface area (Å²) in [4.78, 5) is 2.61. The van der Waals surface area contributed by atoms with Gasteiger partial charge in [0.15, 0.2) is 0 Å². The Balaban J connectivity index is 1.25. The Morgan fingerprint density at radius 3 is 1.19 bits per heavy atom. The zero-order chi connectivity index (χ0) is 43.1. The van der Waals surface area contributed by atoms with E-state index in [1.165, 1.54) is 136 Å². The Kier molecular flexibility index (Phi) is 10.0. The van der Waals surface area contributed by atoms with Crippen LogP contribution in [-0.4, -0.2) is 0 Å². The Bertz CT molecular complexity index is 3560. The fraction of sp³-hybridized carbons (Fsp3) is 0.0690. The molecule has 0 bridgehead atoms. The van der Waals surface area contributed by atoms with Gasteiger partial charge in [0.2, 0.25) is 0 Å². The van der Waals surface area contributed by atoms with Crippen LogP contribution in [0.15, 0.2) is 156 Å². The van der Waals surface area contributed by atoms with Crippen LogP contribution < -0.4 is 0 Å². The van der Waals surface area contributed by atoms with E-state index in [1.807, 2.05) is 68.0 Å². The molecule has 0 unspecified atom stereocenters. The fourth-order valence-electron chi connectivity index (χ4n) is 9.66. The maximum atomic E-state index is 2.47. The minimum absolute atomic E-state index is 1.21. The topological polar surface area (TPSA) is 0 Å². The van der Waals surface area contributed by atoms with E-state index in [2.05, 4.69) is 196 Å². The van der Waals surface area contributed by atoms with Gasteiger partial charge in [-0.05, 0) is 164 Å². The van der Waals surface area contributed by atoms with Crippen LogP contribution in [0, 0.1) is 13.8 Å². The lowest BCUT2D eigenvalue weighted by molar-refractivity contribution is 1.33. The van der Waals surface area contributed by atoms with Gasteiger partial charge in [-0.1, -0.05) is 121 Å². The van der Waals surface area contributed by atoms with Gasteiger partial charge < -0.3 is 0 Å². The van der Waals surface area contributed by atoms with Gasteiger partial charge in [-0.15, -0.1) is 68.0 Å². The molecule has 0 atom stereocenters. The molecule has 308 valence electrons. The van der Waals surface area contributed by atoms with E-state index >= 15 is 0 Å². The zero-order valence-electron chi connectivity index (χ0n) is 35.6. The first-order valence-electron chi connectivity index (χ1n) is 21.5. The molecule has 12 rings (SSSR count). The van der Waals surface area contributed by atoms with E-state index in [0.717, 1.165) is 0 Å². The molecule has 12 aromatic rings. The number of benzene rings is 6. The summed E-state index contributed by atoms with van der Waals surface area (Å²) in [6.45, 7) is 8.93. The van der Waals surface area contributed by atoms with E-state index in [-0.39, 0.29) is 0 Å². The normalized spacial score (nSPS) is 12.2. The molecule has 0 radical (unpaired) electrons. The smallest absolute Gasteiger partial charge is 0.0635 e. The summed E-state index contributed by atoms with van der Waals surface area (Å²) in [5, 5.41) is 7.02. The van der Waals surface area contributed by atoms with Gasteiger partial charge >= 0.3 is 0 Å². The summed E-state index contributed by atoms with van der Waals surface area (Å²) < 4.78 is 11.1. The lowest BCUT2D eigenvalue weighted by Gasteiger charge is -2.28. The van der Waals surface area contributed by atoms with Crippen molar-refractivity contribution >= 4 is 129 Å². The Hall–Kier alpha value is -5.70. The molecule has 6 heteroatoms. The lowest BCUT2D eigenvalue weighted by atomic mass is 9.74. The van der Waals surface area contributed by atoms with Crippen LogP contribution in [0.1, 0.15) is 36.1 Å². The zero-order valence-corrected chi connectivity index (χ0v) is 40.5. The molecule has 6 aromatic heterocycles. The predicted molar refractivity (Wildman–Crippen MR) is 293 cm³/mol. The third-order valence-electron chi connectivity index (χ3n) is 12.6. The first kappa shape index (κ1) is 39.9. The highest BCUT2D eigenvalue weighted by atomic mass is 32.1. The molecule has 0 aliphatic rings. The van der Waals surface area contributed by atoms with Crippen molar-refractivity contribution in [2.24, 2.45) is 0 Å². The summed E-state index contributed by atoms with van der Waals surface area (Å²) in [5.74, 6) is 0. The molecule has 6 heterocycles. The van der Waals surface area contributed by atoms with Gasteiger partial charge in [0, 0.05) is 28.6 Å². The second-order valence-electron chi connectivity index (χ2n) is 16.3. The maximum Gasteiger partial charge on any atom is 0.0635 e. The number of thiophene rings is 6. The number of allylic oxidation sites excluding steroid dienone is 2. The van der Waals surface area contributed by atoms with Crippen molar-refractivity contribution in [3.63, 3.8) is 0 Å². The molecule has 0 fully saturated rings. The molecular formula is C58H40S6. The minimum Gasteiger partial charge on any atom is -0.141 e. The number of hydrogen-bond acceptors (Lipinski definition) is 6. The van der Waals surface area contributed by atoms with Crippen LogP contribution in [0.5, 0.6) is 0 Å². The van der Waals surface area contributed by atoms with Crippen molar-refractivity contribution in [3.05, 3.63) is 179 Å². The Morgan fingerprint density at radius 1 is 0.359 bits per heavy atom. The summed E-state index contributed by atoms with van der Waals surface area (Å²) >= 11 is 11.4. The largest absolute Gasteiger partial charge is 0.141 e. The van der Waals surface area contributed by atoms with Crippen molar-refractivity contribution in [3.8, 4) is 65.4 Å². The molecule has 0 amide bonds. The lowest BCUT2D eigenvalue weighted by Crippen LogP contribution is -2.03. The highest BCUT2D eigenvalue weighted by molar-refractivity contribution is 7.39. The van der Waals surface area contributed by atoms with E-state index in [9.17, 15) is 0 Å². The molecule has 0 nitrogen and oxygen atoms in total. The molecule has 0 saturated heterocycles. The van der Waals surface area contributed by atoms with Crippen LogP contribution in [0.4, 0.5) is 0 Å². The highest BCUT2D eigenvalue weighted by Gasteiger charge is 2.29. The third kappa shape index (κ3) is 6.38. The second-order valence-corrected chi connectivity index (χ2v) is 22.4. The molecule has 6 aromatic carbocycles. The molecular weight excluding hydrogens is 889 g/mol. The SMILES string of the molecule is CC=Cc1c(C)c(C)c(C=CC)c2c(-c3ccccc3)c(-c3cccc(-c4cc5sc6ccsc6c5s4)c3)c(-c3cccc(-c4cc5sc6ccsc6c5s4)c3)c(-c3ccccc3)c12. The number of hydrogen-bond donors (Lipinski definition) is 0. The quantitative estimate of drug-likeness (QED) is 0.142. The van der Waals surface area contributed by atoms with Crippen molar-refractivity contribution in [1.82, 2.24) is 0 Å². The fourth-order valence-corrected chi connectivity index (χ4v) is 17.2. The average molecular weight is 929 g/mol. The van der Waals surface area contributed by atoms with Crippen LogP contribution in [0.25, 0.3) is 126 Å². The molecule has 64 heavy (non-hydrogen) atoms. The van der Waals surface area contributed by atoms with Gasteiger partial charge in [-0.2, -0.15) is 0 Å². The molecule has 0 aliphatic heterocycles. The molecule has 0 saturated carbocycles. The van der Waals surface area contributed by atoms with E-state index in [0.29, 0.717) is 0 Å². The summed E-state index contributed by atoms with van der Waals surface area (Å²) in [5.41, 5.74) is 17.5. The van der Waals surface area contributed by atoms with Gasteiger partial charge in [0.25, 0.3) is 0 Å². The van der Waals surface area contributed by atoms with Crippen LogP contribution in [0.2, 0.25) is 0 Å². The third-order valence-corrected chi connectivity index (χ3v) is 19.8. The average Bonchev–Trinajstić information content (AvgIpc) is 4.20. The first-order valence-corrected chi connectivity index (χ1v) is 26.5. The Morgan fingerprint density at radius 2 is 0.766 bits per heavy atom. The summed E-state index contributed by atoms with van der Waals surface area (Å²) in [7, 11) is 0. The van der Waals surface area contributed by atoms with Crippen molar-refractivity contribution in [2.75, 3.05) is 0 Å². The van der Waals surface area contributed by atoms with Gasteiger partial charge in [-0.3, -0.25) is 0 Å². The molecule has 0 aliphatic carbocycles. The first-order chi connectivity index (χ1) is 31.5. The number of fused-ring (bicyclic) bond motifs is 7. The monoisotopic (exact) mass is 928 g/mol. The second kappa shape index (κ2) is 16.1. The van der Waals surface area contributed by atoms with Gasteiger partial charge in [-0.25, -0.2) is 0 Å². The summed E-state index contributed by atoms with van der Waals surface area (Å²) in [6, 6.07) is 50.6. The molecule has 0 spiro atoms. The van der Waals surface area contributed by atoms with Crippen molar-refractivity contribution in [1.29, 1.82) is 0 Å². The standard InChI is InChI=1S/C58H40S6/c1-5-15-41-33(3)34(4)42(16-6-2)54-50(36-19-11-8-12-20-36)52(40-24-14-22-38(30-40)46-32-48-58(64-46)56-44(62-48)26-28-60-56)51(49(53(41)54)35-17-9-7-10-18-35)39-23-13-21-37(29-39)45-31-47-57(63-45)55-43(61-47)25-27-59-55/h5-32H,1-4H3. The van der Waals surface area contributed by atoms with Gasteiger partial charge in [0.1, 0.15) is 0 Å². The van der Waals surface area contributed by atoms with E-state index < -0.39 is 0 Å². The maximum absolute atomic E-state index is 2.47. The van der Waals surface area contributed by atoms with Crippen LogP contribution in [0.3, 0.4) is 0 Å². The van der Waals surface area contributed by atoms with Gasteiger partial charge in [0.05, 0.1) is 18.8 Å². The van der Waals surface area contributed by atoms with Crippen molar-refractivity contribution < 1.29 is 0 Å². The van der Waals surface area contributed by atoms with E-state index in [4.69, 9.17) is 0 Å². The minimum atomic E-state index is 1.21. The van der Waals surface area contributed by atoms with Crippen LogP contribution in [-0.2, 0) is 0 Å². The Labute approximate surface area is 397 Å². The number of rotatable bonds is 8. The van der Waals surface area contributed by atoms with Crippen LogP contribution >= 0.6 is 68.0 Å². The van der Waals surface area contributed by atoms with Crippen molar-refractivity contribution in [2.45, 2.75) is 27.7 Å².